The Kier molecular flexibility index (Phi) is 6.72. The van der Waals surface area contributed by atoms with E-state index in [2.05, 4.69) is 34.1 Å². The molecule has 0 fully saturated rings. The Bertz CT molecular complexity index is 1070. The number of fused-ring (bicyclic) bond motifs is 2. The minimum atomic E-state index is 0.503. The van der Waals surface area contributed by atoms with Gasteiger partial charge in [0.2, 0.25) is 11.8 Å². The zero-order chi connectivity index (χ0) is 21.5. The Morgan fingerprint density at radius 3 is 2.58 bits per heavy atom. The van der Waals surface area contributed by atoms with Gasteiger partial charge in [0.05, 0.1) is 24.1 Å². The molecule has 4 rings (SSSR count). The Morgan fingerprint density at radius 2 is 1.74 bits per heavy atom. The number of hydrogen-bond acceptors (Lipinski definition) is 7. The van der Waals surface area contributed by atoms with Crippen LogP contribution in [0.1, 0.15) is 39.5 Å². The van der Waals surface area contributed by atoms with Crippen molar-refractivity contribution >= 4 is 33.4 Å². The van der Waals surface area contributed by atoms with Crippen molar-refractivity contribution in [2.75, 3.05) is 18.5 Å². The quantitative estimate of drug-likeness (QED) is 0.333. The van der Waals surface area contributed by atoms with Crippen LogP contribution in [-0.2, 0) is 0 Å². The van der Waals surface area contributed by atoms with Gasteiger partial charge < -0.3 is 14.8 Å². The van der Waals surface area contributed by atoms with E-state index in [0.717, 1.165) is 58.9 Å². The van der Waals surface area contributed by atoms with Crippen LogP contribution in [0.25, 0.3) is 21.8 Å². The molecule has 2 aromatic carbocycles. The van der Waals surface area contributed by atoms with Crippen molar-refractivity contribution in [3.8, 4) is 11.6 Å². The highest BCUT2D eigenvalue weighted by Crippen LogP contribution is 2.28. The second-order valence-electron chi connectivity index (χ2n) is 7.33. The SMILES string of the molecule is CCCCOc1ncnc2ccc(Nc3ncc4cccc(OCCCC)c4n3)cc12. The maximum absolute atomic E-state index is 5.93. The molecule has 0 aliphatic rings. The number of hydrogen-bond donors (Lipinski definition) is 1. The Balaban J connectivity index is 1.60. The Morgan fingerprint density at radius 1 is 0.903 bits per heavy atom. The highest BCUT2D eigenvalue weighted by molar-refractivity contribution is 5.88. The maximum Gasteiger partial charge on any atom is 0.227 e. The maximum atomic E-state index is 5.93. The molecule has 31 heavy (non-hydrogen) atoms. The number of para-hydroxylation sites is 1. The zero-order valence-electron chi connectivity index (χ0n) is 18.0. The average molecular weight is 418 g/mol. The van der Waals surface area contributed by atoms with Crippen molar-refractivity contribution in [1.82, 2.24) is 19.9 Å². The highest BCUT2D eigenvalue weighted by Gasteiger charge is 2.09. The van der Waals surface area contributed by atoms with Crippen LogP contribution in [0.5, 0.6) is 11.6 Å². The molecule has 0 saturated heterocycles. The summed E-state index contributed by atoms with van der Waals surface area (Å²) in [5, 5.41) is 5.09. The molecule has 0 unspecified atom stereocenters. The first-order chi connectivity index (χ1) is 15.3. The first-order valence-electron chi connectivity index (χ1n) is 10.8. The molecule has 7 heteroatoms. The van der Waals surface area contributed by atoms with Crippen LogP contribution in [0, 0.1) is 0 Å². The number of unbranched alkanes of at least 4 members (excludes halogenated alkanes) is 2. The van der Waals surface area contributed by atoms with Gasteiger partial charge in [-0.25, -0.2) is 19.9 Å². The number of aromatic nitrogens is 4. The van der Waals surface area contributed by atoms with Crippen LogP contribution >= 0.6 is 0 Å². The molecule has 0 aliphatic carbocycles. The van der Waals surface area contributed by atoms with Crippen molar-refractivity contribution in [1.29, 1.82) is 0 Å². The molecule has 1 N–H and O–H groups in total. The smallest absolute Gasteiger partial charge is 0.227 e. The van der Waals surface area contributed by atoms with Crippen LogP contribution in [0.15, 0.2) is 48.9 Å². The van der Waals surface area contributed by atoms with E-state index in [1.54, 1.807) is 6.20 Å². The zero-order valence-corrected chi connectivity index (χ0v) is 18.0. The van der Waals surface area contributed by atoms with E-state index >= 15 is 0 Å². The monoisotopic (exact) mass is 417 g/mol. The molecule has 0 saturated carbocycles. The summed E-state index contributed by atoms with van der Waals surface area (Å²) in [6.07, 6.45) is 7.48. The van der Waals surface area contributed by atoms with Crippen LogP contribution in [0.2, 0.25) is 0 Å². The van der Waals surface area contributed by atoms with Crippen LogP contribution in [0.3, 0.4) is 0 Å². The summed E-state index contributed by atoms with van der Waals surface area (Å²) >= 11 is 0. The number of anilines is 2. The average Bonchev–Trinajstić information content (AvgIpc) is 2.80. The van der Waals surface area contributed by atoms with Crippen LogP contribution in [-0.4, -0.2) is 33.1 Å². The van der Waals surface area contributed by atoms with E-state index in [0.29, 0.717) is 25.0 Å². The van der Waals surface area contributed by atoms with Gasteiger partial charge in [-0.3, -0.25) is 0 Å². The molecular weight excluding hydrogens is 390 g/mol. The molecule has 0 bridgehead atoms. The first-order valence-corrected chi connectivity index (χ1v) is 10.8. The van der Waals surface area contributed by atoms with E-state index in [9.17, 15) is 0 Å². The van der Waals surface area contributed by atoms with E-state index in [-0.39, 0.29) is 0 Å². The Labute approximate surface area is 181 Å². The van der Waals surface area contributed by atoms with E-state index < -0.39 is 0 Å². The summed E-state index contributed by atoms with van der Waals surface area (Å²) in [6.45, 7) is 5.58. The van der Waals surface area contributed by atoms with Crippen molar-refractivity contribution in [3.63, 3.8) is 0 Å². The van der Waals surface area contributed by atoms with Gasteiger partial charge in [0, 0.05) is 17.3 Å². The minimum absolute atomic E-state index is 0.503. The number of nitrogens with zero attached hydrogens (tertiary/aromatic N) is 4. The van der Waals surface area contributed by atoms with Gasteiger partial charge in [0.1, 0.15) is 17.6 Å². The second kappa shape index (κ2) is 10.0. The molecular formula is C24H27N5O2. The lowest BCUT2D eigenvalue weighted by Gasteiger charge is -2.11. The highest BCUT2D eigenvalue weighted by atomic mass is 16.5. The topological polar surface area (TPSA) is 82.1 Å². The van der Waals surface area contributed by atoms with E-state index in [1.807, 2.05) is 36.4 Å². The summed E-state index contributed by atoms with van der Waals surface area (Å²) in [5.41, 5.74) is 2.47. The lowest BCUT2D eigenvalue weighted by atomic mass is 10.2. The van der Waals surface area contributed by atoms with Crippen molar-refractivity contribution in [2.24, 2.45) is 0 Å². The first kappa shape index (κ1) is 20.8. The molecule has 0 aliphatic heterocycles. The fourth-order valence-electron chi connectivity index (χ4n) is 3.20. The molecule has 4 aromatic rings. The molecule has 160 valence electrons. The normalized spacial score (nSPS) is 11.0. The molecule has 0 spiro atoms. The Hall–Kier alpha value is -3.48. The number of benzene rings is 2. The van der Waals surface area contributed by atoms with Gasteiger partial charge in [-0.1, -0.05) is 38.8 Å². The van der Waals surface area contributed by atoms with Gasteiger partial charge in [-0.2, -0.15) is 0 Å². The van der Waals surface area contributed by atoms with Gasteiger partial charge in [0.15, 0.2) is 0 Å². The summed E-state index contributed by atoms with van der Waals surface area (Å²) in [7, 11) is 0. The molecule has 0 amide bonds. The molecule has 2 aromatic heterocycles. The van der Waals surface area contributed by atoms with Crippen LogP contribution < -0.4 is 14.8 Å². The summed E-state index contributed by atoms with van der Waals surface area (Å²) in [6, 6.07) is 11.7. The van der Waals surface area contributed by atoms with Crippen LogP contribution in [0.4, 0.5) is 11.6 Å². The lowest BCUT2D eigenvalue weighted by Crippen LogP contribution is -2.02. The van der Waals surface area contributed by atoms with Gasteiger partial charge >= 0.3 is 0 Å². The molecule has 0 atom stereocenters. The molecule has 0 radical (unpaired) electrons. The third-order valence-electron chi connectivity index (χ3n) is 4.92. The molecule has 2 heterocycles. The summed E-state index contributed by atoms with van der Waals surface area (Å²) in [4.78, 5) is 17.8. The number of rotatable bonds is 10. The fraction of sp³-hybridized carbons (Fsp3) is 0.333. The van der Waals surface area contributed by atoms with Gasteiger partial charge in [-0.15, -0.1) is 0 Å². The lowest BCUT2D eigenvalue weighted by molar-refractivity contribution is 0.301. The minimum Gasteiger partial charge on any atom is -0.491 e. The van der Waals surface area contributed by atoms with Gasteiger partial charge in [-0.05, 0) is 37.1 Å². The second-order valence-corrected chi connectivity index (χ2v) is 7.33. The third kappa shape index (κ3) is 4.99. The fourth-order valence-corrected chi connectivity index (χ4v) is 3.20. The van der Waals surface area contributed by atoms with Crippen molar-refractivity contribution < 1.29 is 9.47 Å². The van der Waals surface area contributed by atoms with Crippen molar-refractivity contribution in [3.05, 3.63) is 48.9 Å². The van der Waals surface area contributed by atoms with E-state index in [1.165, 1.54) is 6.33 Å². The molecule has 7 nitrogen and oxygen atoms in total. The van der Waals surface area contributed by atoms with Gasteiger partial charge in [0.25, 0.3) is 0 Å². The van der Waals surface area contributed by atoms with Crippen molar-refractivity contribution in [2.45, 2.75) is 39.5 Å². The third-order valence-corrected chi connectivity index (χ3v) is 4.92. The summed E-state index contributed by atoms with van der Waals surface area (Å²) < 4.78 is 11.8. The number of ether oxygens (including phenoxy) is 2. The predicted molar refractivity (Wildman–Crippen MR) is 123 cm³/mol. The van der Waals surface area contributed by atoms with E-state index in [4.69, 9.17) is 14.5 Å². The number of nitrogens with one attached hydrogen (secondary N) is 1. The predicted octanol–water partition coefficient (Wildman–Crippen LogP) is 5.67. The largest absolute Gasteiger partial charge is 0.491 e. The summed E-state index contributed by atoms with van der Waals surface area (Å²) in [5.74, 6) is 1.87. The standard InChI is InChI=1S/C24H27N5O2/c1-3-5-12-30-21-9-7-8-17-15-25-24(29-22(17)21)28-18-10-11-20-19(14-18)23(27-16-26-20)31-13-6-4-2/h7-11,14-16H,3-6,12-13H2,1-2H3,(H,25,28,29).